The highest BCUT2D eigenvalue weighted by Crippen LogP contribution is 2.20. The molecular weight excluding hydrogens is 224 g/mol. The first kappa shape index (κ1) is 14.7. The summed E-state index contributed by atoms with van der Waals surface area (Å²) >= 11 is 0. The van der Waals surface area contributed by atoms with E-state index in [1.165, 1.54) is 16.7 Å². The maximum Gasteiger partial charge on any atom is 0.236 e. The van der Waals surface area contributed by atoms with Crippen LogP contribution in [0.25, 0.3) is 0 Å². The van der Waals surface area contributed by atoms with Crippen molar-refractivity contribution in [3.8, 4) is 0 Å². The second kappa shape index (κ2) is 6.55. The summed E-state index contributed by atoms with van der Waals surface area (Å²) < 4.78 is 0. The molecule has 1 rings (SSSR count). The third-order valence-electron chi connectivity index (χ3n) is 3.27. The van der Waals surface area contributed by atoms with Crippen molar-refractivity contribution in [2.24, 2.45) is 5.84 Å². The number of carbonyl (C=O) groups is 1. The van der Waals surface area contributed by atoms with Gasteiger partial charge in [-0.1, -0.05) is 32.0 Å². The lowest BCUT2D eigenvalue weighted by Crippen LogP contribution is -2.32. The number of aryl methyl sites for hydroxylation is 2. The SMILES string of the molecule is Cc1ccc(C(C)C)cc1CCCC(=O)N(C)N. The fraction of sp³-hybridized carbons (Fsp3) is 0.533. The van der Waals surface area contributed by atoms with E-state index in [0.29, 0.717) is 12.3 Å². The van der Waals surface area contributed by atoms with E-state index in [4.69, 9.17) is 5.84 Å². The molecule has 0 bridgehead atoms. The largest absolute Gasteiger partial charge is 0.284 e. The maximum atomic E-state index is 11.4. The molecule has 3 nitrogen and oxygen atoms in total. The van der Waals surface area contributed by atoms with Gasteiger partial charge in [0.1, 0.15) is 0 Å². The van der Waals surface area contributed by atoms with Crippen molar-refractivity contribution >= 4 is 5.91 Å². The van der Waals surface area contributed by atoms with E-state index in [2.05, 4.69) is 39.0 Å². The van der Waals surface area contributed by atoms with Crippen LogP contribution in [0, 0.1) is 6.92 Å². The topological polar surface area (TPSA) is 46.3 Å². The van der Waals surface area contributed by atoms with Crippen LogP contribution in [0.3, 0.4) is 0 Å². The summed E-state index contributed by atoms with van der Waals surface area (Å²) in [5.74, 6) is 5.93. The van der Waals surface area contributed by atoms with Crippen molar-refractivity contribution in [2.45, 2.75) is 46.0 Å². The average molecular weight is 248 g/mol. The van der Waals surface area contributed by atoms with E-state index in [1.807, 2.05) is 0 Å². The van der Waals surface area contributed by atoms with Crippen LogP contribution in [0.1, 0.15) is 49.3 Å². The first-order valence-corrected chi connectivity index (χ1v) is 6.52. The van der Waals surface area contributed by atoms with E-state index in [1.54, 1.807) is 7.05 Å². The minimum Gasteiger partial charge on any atom is -0.284 e. The van der Waals surface area contributed by atoms with Crippen molar-refractivity contribution in [3.05, 3.63) is 34.9 Å². The quantitative estimate of drug-likeness (QED) is 0.495. The molecule has 2 N–H and O–H groups in total. The van der Waals surface area contributed by atoms with E-state index < -0.39 is 0 Å². The van der Waals surface area contributed by atoms with Crippen LogP contribution < -0.4 is 5.84 Å². The Labute approximate surface area is 110 Å². The monoisotopic (exact) mass is 248 g/mol. The molecular formula is C15H24N2O. The summed E-state index contributed by atoms with van der Waals surface area (Å²) in [5, 5.41) is 1.16. The molecule has 0 atom stereocenters. The Hall–Kier alpha value is -1.35. The van der Waals surface area contributed by atoms with Gasteiger partial charge in [-0.05, 0) is 42.4 Å². The number of rotatable bonds is 5. The van der Waals surface area contributed by atoms with E-state index in [9.17, 15) is 4.79 Å². The van der Waals surface area contributed by atoms with Crippen molar-refractivity contribution in [3.63, 3.8) is 0 Å². The number of nitrogens with two attached hydrogens (primary N) is 1. The molecule has 3 heteroatoms. The molecule has 0 heterocycles. The Morgan fingerprint density at radius 1 is 1.39 bits per heavy atom. The summed E-state index contributed by atoms with van der Waals surface area (Å²) in [7, 11) is 1.59. The Bertz CT molecular complexity index is 411. The van der Waals surface area contributed by atoms with Gasteiger partial charge in [0.25, 0.3) is 0 Å². The van der Waals surface area contributed by atoms with Gasteiger partial charge in [-0.3, -0.25) is 9.80 Å². The molecule has 0 aliphatic rings. The molecule has 18 heavy (non-hydrogen) atoms. The van der Waals surface area contributed by atoms with Crippen LogP contribution in [0.5, 0.6) is 0 Å². The zero-order valence-electron chi connectivity index (χ0n) is 11.9. The van der Waals surface area contributed by atoms with Crippen molar-refractivity contribution < 1.29 is 4.79 Å². The molecule has 100 valence electrons. The fourth-order valence-electron chi connectivity index (χ4n) is 1.93. The number of carbonyl (C=O) groups excluding carboxylic acids is 1. The Morgan fingerprint density at radius 3 is 2.61 bits per heavy atom. The standard InChI is InChI=1S/C15H24N2O/c1-11(2)13-9-8-12(3)14(10-13)6-5-7-15(18)17(4)16/h8-11H,5-7,16H2,1-4H3. The maximum absolute atomic E-state index is 11.4. The number of hydrazine groups is 1. The number of hydrogen-bond donors (Lipinski definition) is 1. The third kappa shape index (κ3) is 4.15. The number of hydrogen-bond acceptors (Lipinski definition) is 2. The lowest BCUT2D eigenvalue weighted by molar-refractivity contribution is -0.130. The third-order valence-corrected chi connectivity index (χ3v) is 3.27. The summed E-state index contributed by atoms with van der Waals surface area (Å²) in [5.41, 5.74) is 4.00. The fourth-order valence-corrected chi connectivity index (χ4v) is 1.93. The van der Waals surface area contributed by atoms with Crippen LogP contribution in [0.2, 0.25) is 0 Å². The van der Waals surface area contributed by atoms with Crippen molar-refractivity contribution in [1.29, 1.82) is 0 Å². The molecule has 1 aromatic rings. The zero-order chi connectivity index (χ0) is 13.7. The van der Waals surface area contributed by atoms with Gasteiger partial charge < -0.3 is 0 Å². The summed E-state index contributed by atoms with van der Waals surface area (Å²) in [6, 6.07) is 6.61. The van der Waals surface area contributed by atoms with E-state index in [-0.39, 0.29) is 5.91 Å². The van der Waals surface area contributed by atoms with Gasteiger partial charge in [-0.25, -0.2) is 5.84 Å². The van der Waals surface area contributed by atoms with Gasteiger partial charge in [0.05, 0.1) is 0 Å². The normalized spacial score (nSPS) is 10.8. The van der Waals surface area contributed by atoms with Crippen LogP contribution in [0.15, 0.2) is 18.2 Å². The van der Waals surface area contributed by atoms with E-state index in [0.717, 1.165) is 17.9 Å². The Balaban J connectivity index is 2.61. The molecule has 1 aromatic carbocycles. The van der Waals surface area contributed by atoms with Gasteiger partial charge in [-0.2, -0.15) is 0 Å². The number of amides is 1. The van der Waals surface area contributed by atoms with Gasteiger partial charge in [0.2, 0.25) is 5.91 Å². The van der Waals surface area contributed by atoms with Gasteiger partial charge >= 0.3 is 0 Å². The molecule has 0 aliphatic carbocycles. The summed E-state index contributed by atoms with van der Waals surface area (Å²) in [6.07, 6.45) is 2.30. The first-order valence-electron chi connectivity index (χ1n) is 6.52. The molecule has 0 saturated carbocycles. The van der Waals surface area contributed by atoms with E-state index >= 15 is 0 Å². The molecule has 0 unspecified atom stereocenters. The second-order valence-corrected chi connectivity index (χ2v) is 5.20. The van der Waals surface area contributed by atoms with Crippen molar-refractivity contribution in [2.75, 3.05) is 7.05 Å². The first-order chi connectivity index (χ1) is 8.41. The molecule has 0 radical (unpaired) electrons. The van der Waals surface area contributed by atoms with Crippen LogP contribution in [-0.2, 0) is 11.2 Å². The van der Waals surface area contributed by atoms with Gasteiger partial charge in [-0.15, -0.1) is 0 Å². The molecule has 0 aromatic heterocycles. The zero-order valence-corrected chi connectivity index (χ0v) is 11.9. The molecule has 0 spiro atoms. The van der Waals surface area contributed by atoms with Crippen molar-refractivity contribution in [1.82, 2.24) is 5.01 Å². The molecule has 0 saturated heterocycles. The van der Waals surface area contributed by atoms with Gasteiger partial charge in [0.15, 0.2) is 0 Å². The molecule has 0 fully saturated rings. The summed E-state index contributed by atoms with van der Waals surface area (Å²) in [4.78, 5) is 11.4. The Kier molecular flexibility index (Phi) is 5.35. The molecule has 1 amide bonds. The lowest BCUT2D eigenvalue weighted by atomic mass is 9.95. The number of nitrogens with zero attached hydrogens (tertiary/aromatic N) is 1. The predicted molar refractivity (Wildman–Crippen MR) is 75.2 cm³/mol. The van der Waals surface area contributed by atoms with Crippen LogP contribution in [-0.4, -0.2) is 18.0 Å². The minimum absolute atomic E-state index is 0.00679. The average Bonchev–Trinajstić information content (AvgIpc) is 2.30. The minimum atomic E-state index is -0.00679. The highest BCUT2D eigenvalue weighted by atomic mass is 16.2. The highest BCUT2D eigenvalue weighted by Gasteiger charge is 2.07. The second-order valence-electron chi connectivity index (χ2n) is 5.20. The summed E-state index contributed by atoms with van der Waals surface area (Å²) in [6.45, 7) is 6.51. The predicted octanol–water partition coefficient (Wildman–Crippen LogP) is 2.77. The highest BCUT2D eigenvalue weighted by molar-refractivity contribution is 5.75. The Morgan fingerprint density at radius 2 is 2.06 bits per heavy atom. The van der Waals surface area contributed by atoms with Crippen LogP contribution >= 0.6 is 0 Å². The molecule has 0 aliphatic heterocycles. The van der Waals surface area contributed by atoms with Gasteiger partial charge in [0, 0.05) is 13.5 Å². The lowest BCUT2D eigenvalue weighted by Gasteiger charge is -2.12. The van der Waals surface area contributed by atoms with Crippen LogP contribution in [0.4, 0.5) is 0 Å². The number of benzene rings is 1. The smallest absolute Gasteiger partial charge is 0.236 e.